The fraction of sp³-hybridized carbons (Fsp3) is 0.471. The molecule has 1 aliphatic rings. The highest BCUT2D eigenvalue weighted by molar-refractivity contribution is 9.10. The Kier molecular flexibility index (Phi) is 8.42. The standard InChI is InChI=1S/C14H12BrF3N4O.C2H6.CH4O/c1-8-19-20-12-13(23)22(7-6-21(8)12)11(14(16,17)18)9-2-4-10(15)5-3-9;2*1-2/h2-5,11H,6-7H2,1H3;1-2H3;2H,1H3. The van der Waals surface area contributed by atoms with Crippen molar-refractivity contribution in [1.29, 1.82) is 0 Å². The van der Waals surface area contributed by atoms with Crippen LogP contribution in [0.1, 0.15) is 41.9 Å². The van der Waals surface area contributed by atoms with Crippen LogP contribution >= 0.6 is 15.9 Å². The lowest BCUT2D eigenvalue weighted by Gasteiger charge is -2.35. The third kappa shape index (κ3) is 5.07. The van der Waals surface area contributed by atoms with Gasteiger partial charge in [-0.05, 0) is 24.6 Å². The summed E-state index contributed by atoms with van der Waals surface area (Å²) < 4.78 is 43.0. The van der Waals surface area contributed by atoms with Crippen LogP contribution < -0.4 is 0 Å². The minimum atomic E-state index is -4.58. The molecule has 0 saturated carbocycles. The van der Waals surface area contributed by atoms with E-state index in [1.807, 2.05) is 13.8 Å². The summed E-state index contributed by atoms with van der Waals surface area (Å²) in [6.45, 7) is 5.85. The minimum absolute atomic E-state index is 0.0127. The molecule has 1 aromatic carbocycles. The molecule has 0 bridgehead atoms. The number of amides is 1. The van der Waals surface area contributed by atoms with Crippen molar-refractivity contribution in [2.45, 2.75) is 39.5 Å². The zero-order valence-corrected chi connectivity index (χ0v) is 17.0. The molecule has 2 aromatic rings. The first-order chi connectivity index (χ1) is 12.8. The van der Waals surface area contributed by atoms with Crippen LogP contribution in [0.3, 0.4) is 0 Å². The van der Waals surface area contributed by atoms with E-state index in [0.717, 1.165) is 12.0 Å². The Morgan fingerprint density at radius 3 is 2.19 bits per heavy atom. The zero-order chi connectivity index (χ0) is 20.8. The summed E-state index contributed by atoms with van der Waals surface area (Å²) in [6.07, 6.45) is -4.58. The molecule has 0 saturated heterocycles. The molecule has 2 heterocycles. The van der Waals surface area contributed by atoms with E-state index in [4.69, 9.17) is 5.11 Å². The number of aliphatic hydroxyl groups excluding tert-OH is 1. The third-order valence-corrected chi connectivity index (χ3v) is 4.29. The molecule has 1 aliphatic heterocycles. The van der Waals surface area contributed by atoms with Gasteiger partial charge in [-0.2, -0.15) is 13.2 Å². The first-order valence-electron chi connectivity index (χ1n) is 8.26. The lowest BCUT2D eigenvalue weighted by Crippen LogP contribution is -2.47. The van der Waals surface area contributed by atoms with Gasteiger partial charge in [0.15, 0.2) is 6.04 Å². The maximum absolute atomic E-state index is 13.6. The predicted octanol–water partition coefficient (Wildman–Crippen LogP) is 3.74. The van der Waals surface area contributed by atoms with Crippen LogP contribution in [0, 0.1) is 6.92 Å². The van der Waals surface area contributed by atoms with Gasteiger partial charge in [0.2, 0.25) is 5.82 Å². The van der Waals surface area contributed by atoms with Crippen molar-refractivity contribution in [3.05, 3.63) is 46.0 Å². The van der Waals surface area contributed by atoms with Crippen molar-refractivity contribution in [3.8, 4) is 0 Å². The fourth-order valence-corrected chi connectivity index (χ4v) is 2.95. The van der Waals surface area contributed by atoms with Crippen LogP contribution in [-0.2, 0) is 6.54 Å². The summed E-state index contributed by atoms with van der Waals surface area (Å²) in [6, 6.07) is 3.76. The maximum Gasteiger partial charge on any atom is 0.413 e. The fourth-order valence-electron chi connectivity index (χ4n) is 2.68. The van der Waals surface area contributed by atoms with Gasteiger partial charge in [0.05, 0.1) is 0 Å². The summed E-state index contributed by atoms with van der Waals surface area (Å²) in [7, 11) is 1.00. The van der Waals surface area contributed by atoms with Crippen LogP contribution in [0.15, 0.2) is 28.7 Å². The Hall–Kier alpha value is -1.94. The molecule has 6 nitrogen and oxygen atoms in total. The van der Waals surface area contributed by atoms with E-state index in [-0.39, 0.29) is 24.5 Å². The molecule has 150 valence electrons. The van der Waals surface area contributed by atoms with Crippen LogP contribution in [0.5, 0.6) is 0 Å². The molecule has 0 spiro atoms. The highest BCUT2D eigenvalue weighted by Crippen LogP contribution is 2.39. The average Bonchev–Trinajstić information content (AvgIpc) is 3.03. The van der Waals surface area contributed by atoms with Gasteiger partial charge in [0, 0.05) is 24.7 Å². The SMILES string of the molecule is CC.CO.Cc1nnc2n1CCN(C(c1ccc(Br)cc1)C(F)(F)F)C2=O. The first kappa shape index (κ1) is 23.1. The van der Waals surface area contributed by atoms with Crippen LogP contribution in [0.2, 0.25) is 0 Å². The molecule has 0 fully saturated rings. The van der Waals surface area contributed by atoms with Gasteiger partial charge in [-0.25, -0.2) is 0 Å². The molecular weight excluding hydrogens is 429 g/mol. The Labute approximate surface area is 164 Å². The number of hydrogen-bond donors (Lipinski definition) is 1. The number of aromatic nitrogens is 3. The molecule has 1 unspecified atom stereocenters. The third-order valence-electron chi connectivity index (χ3n) is 3.76. The summed E-state index contributed by atoms with van der Waals surface area (Å²) in [5.74, 6) is -0.303. The second kappa shape index (κ2) is 9.84. The normalized spacial score (nSPS) is 14.4. The van der Waals surface area contributed by atoms with Gasteiger partial charge in [0.1, 0.15) is 5.82 Å². The Balaban J connectivity index is 0.000000855. The van der Waals surface area contributed by atoms with E-state index in [0.29, 0.717) is 10.3 Å². The lowest BCUT2D eigenvalue weighted by atomic mass is 10.0. The Bertz CT molecular complexity index is 748. The van der Waals surface area contributed by atoms with Crippen molar-refractivity contribution < 1.29 is 23.1 Å². The molecule has 0 radical (unpaired) electrons. The van der Waals surface area contributed by atoms with Crippen molar-refractivity contribution in [1.82, 2.24) is 19.7 Å². The summed E-state index contributed by atoms with van der Waals surface area (Å²) in [4.78, 5) is 13.3. The van der Waals surface area contributed by atoms with Gasteiger partial charge >= 0.3 is 6.18 Å². The smallest absolute Gasteiger partial charge is 0.400 e. The van der Waals surface area contributed by atoms with Gasteiger partial charge in [-0.15, -0.1) is 10.2 Å². The van der Waals surface area contributed by atoms with Crippen LogP contribution in [-0.4, -0.2) is 50.5 Å². The number of alkyl halides is 3. The van der Waals surface area contributed by atoms with Crippen LogP contribution in [0.4, 0.5) is 13.2 Å². The van der Waals surface area contributed by atoms with Gasteiger partial charge < -0.3 is 14.6 Å². The second-order valence-corrected chi connectivity index (χ2v) is 6.13. The monoisotopic (exact) mass is 450 g/mol. The van der Waals surface area contributed by atoms with Gasteiger partial charge in [-0.1, -0.05) is 41.9 Å². The zero-order valence-electron chi connectivity index (χ0n) is 15.5. The molecule has 1 aromatic heterocycles. The number of rotatable bonds is 2. The van der Waals surface area contributed by atoms with Crippen molar-refractivity contribution in [2.75, 3.05) is 13.7 Å². The largest absolute Gasteiger partial charge is 0.413 e. The summed E-state index contributed by atoms with van der Waals surface area (Å²) >= 11 is 3.19. The molecule has 3 rings (SSSR count). The maximum atomic E-state index is 13.6. The van der Waals surface area contributed by atoms with E-state index in [1.165, 1.54) is 28.8 Å². The highest BCUT2D eigenvalue weighted by atomic mass is 79.9. The molecule has 10 heteroatoms. The quantitative estimate of drug-likeness (QED) is 0.756. The van der Waals surface area contributed by atoms with Crippen LogP contribution in [0.25, 0.3) is 0 Å². The Morgan fingerprint density at radius 1 is 1.11 bits per heavy atom. The molecule has 0 aliphatic carbocycles. The van der Waals surface area contributed by atoms with E-state index in [9.17, 15) is 18.0 Å². The number of halogens is 4. The Morgan fingerprint density at radius 2 is 1.67 bits per heavy atom. The number of aliphatic hydroxyl groups is 1. The van der Waals surface area contributed by atoms with Crippen molar-refractivity contribution in [3.63, 3.8) is 0 Å². The van der Waals surface area contributed by atoms with E-state index >= 15 is 0 Å². The highest BCUT2D eigenvalue weighted by Gasteiger charge is 2.48. The molecule has 1 atom stereocenters. The lowest BCUT2D eigenvalue weighted by molar-refractivity contribution is -0.180. The predicted molar refractivity (Wildman–Crippen MR) is 98.2 cm³/mol. The molecular formula is C17H22BrF3N4O2. The first-order valence-corrected chi connectivity index (χ1v) is 9.06. The van der Waals surface area contributed by atoms with Crippen molar-refractivity contribution in [2.24, 2.45) is 0 Å². The number of aryl methyl sites for hydroxylation is 1. The molecule has 1 amide bonds. The number of hydrogen-bond acceptors (Lipinski definition) is 4. The molecule has 27 heavy (non-hydrogen) atoms. The average molecular weight is 451 g/mol. The number of nitrogens with zero attached hydrogens (tertiary/aromatic N) is 4. The van der Waals surface area contributed by atoms with Crippen molar-refractivity contribution >= 4 is 21.8 Å². The summed E-state index contributed by atoms with van der Waals surface area (Å²) in [5, 5.41) is 14.5. The molecule has 1 N–H and O–H groups in total. The number of carbonyl (C=O) groups is 1. The van der Waals surface area contributed by atoms with Gasteiger partial charge in [0.25, 0.3) is 5.91 Å². The topological polar surface area (TPSA) is 71.2 Å². The number of carbonyl (C=O) groups excluding carboxylic acids is 1. The van der Waals surface area contributed by atoms with E-state index < -0.39 is 18.1 Å². The summed E-state index contributed by atoms with van der Waals surface area (Å²) in [5.41, 5.74) is 0.0127. The van der Waals surface area contributed by atoms with E-state index in [2.05, 4.69) is 26.1 Å². The van der Waals surface area contributed by atoms with E-state index in [1.54, 1.807) is 6.92 Å². The van der Waals surface area contributed by atoms with Gasteiger partial charge in [-0.3, -0.25) is 4.79 Å². The minimum Gasteiger partial charge on any atom is -0.400 e. The number of benzene rings is 1. The number of fused-ring (bicyclic) bond motifs is 1. The second-order valence-electron chi connectivity index (χ2n) is 5.22.